The lowest BCUT2D eigenvalue weighted by atomic mass is 9.84. The van der Waals surface area contributed by atoms with Crippen LogP contribution in [0.2, 0.25) is 0 Å². The first kappa shape index (κ1) is 19.8. The number of aryl methyl sites for hydroxylation is 1. The Morgan fingerprint density at radius 3 is 2.69 bits per heavy atom. The number of nitrogens with zero attached hydrogens (tertiary/aromatic N) is 1. The smallest absolute Gasteiger partial charge is 0.306 e. The molecule has 1 N–H and O–H groups in total. The molecule has 150 valence electrons. The Bertz CT molecular complexity index is 940. The number of carboxylic acids is 1. The van der Waals surface area contributed by atoms with E-state index >= 15 is 0 Å². The maximum absolute atomic E-state index is 13.4. The number of thioether (sulfide) groups is 1. The molecule has 2 aromatic carbocycles. The molecule has 1 amide bonds. The Balaban J connectivity index is 1.66. The van der Waals surface area contributed by atoms with Gasteiger partial charge in [0.25, 0.3) is 5.91 Å². The van der Waals surface area contributed by atoms with Crippen molar-refractivity contribution in [2.45, 2.75) is 44.0 Å². The van der Waals surface area contributed by atoms with Crippen LogP contribution in [-0.2, 0) is 16.1 Å². The van der Waals surface area contributed by atoms with E-state index in [0.717, 1.165) is 28.0 Å². The van der Waals surface area contributed by atoms with E-state index in [1.165, 1.54) is 0 Å². The highest BCUT2D eigenvalue weighted by Gasteiger charge is 2.44. The molecule has 2 fully saturated rings. The third-order valence-corrected chi connectivity index (χ3v) is 7.19. The van der Waals surface area contributed by atoms with Crippen molar-refractivity contribution in [1.82, 2.24) is 4.90 Å². The second-order valence-electron chi connectivity index (χ2n) is 7.91. The molecular formula is C24H25NO3S. The number of carbonyl (C=O) groups is 2. The van der Waals surface area contributed by atoms with Crippen LogP contribution in [0.15, 0.2) is 59.5 Å². The Morgan fingerprint density at radius 1 is 1.17 bits per heavy atom. The van der Waals surface area contributed by atoms with Gasteiger partial charge in [-0.2, -0.15) is 0 Å². The van der Waals surface area contributed by atoms with E-state index in [-0.39, 0.29) is 23.1 Å². The van der Waals surface area contributed by atoms with Crippen molar-refractivity contribution in [3.05, 3.63) is 76.2 Å². The normalized spacial score (nSPS) is 25.7. The summed E-state index contributed by atoms with van der Waals surface area (Å²) < 4.78 is 0. The van der Waals surface area contributed by atoms with Crippen molar-refractivity contribution in [2.75, 3.05) is 0 Å². The Labute approximate surface area is 175 Å². The monoisotopic (exact) mass is 407 g/mol. The van der Waals surface area contributed by atoms with E-state index in [0.29, 0.717) is 19.4 Å². The van der Waals surface area contributed by atoms with Gasteiger partial charge >= 0.3 is 5.97 Å². The van der Waals surface area contributed by atoms with Gasteiger partial charge in [-0.1, -0.05) is 60.2 Å². The van der Waals surface area contributed by atoms with Crippen LogP contribution in [0.25, 0.3) is 6.08 Å². The molecule has 3 unspecified atom stereocenters. The number of hydrogen-bond donors (Lipinski definition) is 1. The summed E-state index contributed by atoms with van der Waals surface area (Å²) in [5, 5.41) is 9.77. The largest absolute Gasteiger partial charge is 0.481 e. The van der Waals surface area contributed by atoms with Crippen LogP contribution < -0.4 is 0 Å². The SMILES string of the molecule is Cc1cccc(CN2C(=O)/C(=C\c3ccccc3)SC3CCC(C(=O)O)CC32)c1. The molecule has 5 heteroatoms. The molecule has 1 saturated heterocycles. The molecule has 4 rings (SSSR count). The Kier molecular flexibility index (Phi) is 5.76. The number of rotatable bonds is 4. The first-order chi connectivity index (χ1) is 14.0. The number of fused-ring (bicyclic) bond motifs is 1. The second-order valence-corrected chi connectivity index (χ2v) is 9.19. The van der Waals surface area contributed by atoms with E-state index in [1.807, 2.05) is 66.4 Å². The van der Waals surface area contributed by atoms with Crippen molar-refractivity contribution >= 4 is 29.7 Å². The van der Waals surface area contributed by atoms with E-state index in [1.54, 1.807) is 11.8 Å². The average Bonchev–Trinajstić information content (AvgIpc) is 2.71. The molecule has 4 nitrogen and oxygen atoms in total. The highest BCUT2D eigenvalue weighted by atomic mass is 32.2. The molecule has 29 heavy (non-hydrogen) atoms. The average molecular weight is 408 g/mol. The summed E-state index contributed by atoms with van der Waals surface area (Å²) in [6, 6.07) is 18.0. The lowest BCUT2D eigenvalue weighted by Crippen LogP contribution is -2.52. The van der Waals surface area contributed by atoms with E-state index in [2.05, 4.69) is 6.07 Å². The summed E-state index contributed by atoms with van der Waals surface area (Å²) in [4.78, 5) is 27.7. The summed E-state index contributed by atoms with van der Waals surface area (Å²) in [5.41, 5.74) is 3.25. The molecule has 2 aromatic rings. The molecule has 1 saturated carbocycles. The van der Waals surface area contributed by atoms with E-state index in [4.69, 9.17) is 0 Å². The minimum absolute atomic E-state index is 0.00708. The number of carbonyl (C=O) groups excluding carboxylic acids is 1. The quantitative estimate of drug-likeness (QED) is 0.744. The standard InChI is InChI=1S/C24H25NO3S/c1-16-6-5-9-18(12-16)15-25-20-14-19(24(27)28)10-11-21(20)29-22(23(25)26)13-17-7-3-2-4-8-17/h2-9,12-13,19-21H,10-11,14-15H2,1H3,(H,27,28)/b22-13+. The fourth-order valence-electron chi connectivity index (χ4n) is 4.31. The van der Waals surface area contributed by atoms with Crippen molar-refractivity contribution in [3.8, 4) is 0 Å². The predicted octanol–water partition coefficient (Wildman–Crippen LogP) is 4.73. The molecule has 1 heterocycles. The lowest BCUT2D eigenvalue weighted by molar-refractivity contribution is -0.145. The van der Waals surface area contributed by atoms with Crippen LogP contribution in [0.5, 0.6) is 0 Å². The fraction of sp³-hybridized carbons (Fsp3) is 0.333. The zero-order valence-electron chi connectivity index (χ0n) is 16.5. The zero-order valence-corrected chi connectivity index (χ0v) is 17.3. The summed E-state index contributed by atoms with van der Waals surface area (Å²) in [5.74, 6) is -1.11. The first-order valence-electron chi connectivity index (χ1n) is 10.0. The molecule has 3 atom stereocenters. The van der Waals surface area contributed by atoms with E-state index < -0.39 is 5.97 Å². The Hall–Kier alpha value is -2.53. The minimum Gasteiger partial charge on any atom is -0.481 e. The van der Waals surface area contributed by atoms with Crippen LogP contribution in [-0.4, -0.2) is 33.2 Å². The molecule has 1 aliphatic heterocycles. The van der Waals surface area contributed by atoms with Gasteiger partial charge in [0.2, 0.25) is 0 Å². The first-order valence-corrected chi connectivity index (χ1v) is 10.9. The number of amides is 1. The maximum Gasteiger partial charge on any atom is 0.306 e. The van der Waals surface area contributed by atoms with Gasteiger partial charge in [0.05, 0.1) is 10.8 Å². The second kappa shape index (κ2) is 8.46. The third kappa shape index (κ3) is 4.40. The fourth-order valence-corrected chi connectivity index (χ4v) is 5.72. The minimum atomic E-state index is -0.748. The Morgan fingerprint density at radius 2 is 1.97 bits per heavy atom. The molecule has 0 spiro atoms. The topological polar surface area (TPSA) is 57.6 Å². The van der Waals surface area contributed by atoms with Gasteiger partial charge in [-0.25, -0.2) is 0 Å². The van der Waals surface area contributed by atoms with Crippen LogP contribution in [0.3, 0.4) is 0 Å². The van der Waals surface area contributed by atoms with Crippen LogP contribution in [0.1, 0.15) is 36.0 Å². The highest BCUT2D eigenvalue weighted by molar-refractivity contribution is 8.04. The number of carboxylic acid groups (broad SMARTS) is 1. The summed E-state index contributed by atoms with van der Waals surface area (Å²) in [6.45, 7) is 2.56. The lowest BCUT2D eigenvalue weighted by Gasteiger charge is -2.45. The third-order valence-electron chi connectivity index (χ3n) is 5.79. The molecule has 0 radical (unpaired) electrons. The molecule has 1 aliphatic carbocycles. The van der Waals surface area contributed by atoms with Crippen molar-refractivity contribution in [2.24, 2.45) is 5.92 Å². The van der Waals surface area contributed by atoms with Crippen LogP contribution in [0, 0.1) is 12.8 Å². The van der Waals surface area contributed by atoms with Crippen molar-refractivity contribution in [1.29, 1.82) is 0 Å². The molecular weight excluding hydrogens is 382 g/mol. The highest BCUT2D eigenvalue weighted by Crippen LogP contribution is 2.44. The van der Waals surface area contributed by atoms with Crippen molar-refractivity contribution in [3.63, 3.8) is 0 Å². The number of benzene rings is 2. The molecule has 2 aliphatic rings. The van der Waals surface area contributed by atoms with Gasteiger partial charge in [0.1, 0.15) is 0 Å². The van der Waals surface area contributed by atoms with Crippen molar-refractivity contribution < 1.29 is 14.7 Å². The van der Waals surface area contributed by atoms with Gasteiger partial charge < -0.3 is 10.0 Å². The van der Waals surface area contributed by atoms with Gasteiger partial charge in [-0.15, -0.1) is 11.8 Å². The van der Waals surface area contributed by atoms with Crippen LogP contribution >= 0.6 is 11.8 Å². The summed E-state index contributed by atoms with van der Waals surface area (Å²) in [7, 11) is 0. The zero-order chi connectivity index (χ0) is 20.4. The van der Waals surface area contributed by atoms with Crippen LogP contribution in [0.4, 0.5) is 0 Å². The summed E-state index contributed by atoms with van der Waals surface area (Å²) in [6.07, 6.45) is 3.99. The summed E-state index contributed by atoms with van der Waals surface area (Å²) >= 11 is 1.63. The predicted molar refractivity (Wildman–Crippen MR) is 116 cm³/mol. The van der Waals surface area contributed by atoms with Gasteiger partial charge in [-0.05, 0) is 43.4 Å². The van der Waals surface area contributed by atoms with E-state index in [9.17, 15) is 14.7 Å². The van der Waals surface area contributed by atoms with Gasteiger partial charge in [0.15, 0.2) is 0 Å². The molecule has 0 aromatic heterocycles. The maximum atomic E-state index is 13.4. The van der Waals surface area contributed by atoms with Gasteiger partial charge in [-0.3, -0.25) is 9.59 Å². The van der Waals surface area contributed by atoms with Gasteiger partial charge in [0, 0.05) is 17.8 Å². The number of hydrogen-bond acceptors (Lipinski definition) is 3. The number of aliphatic carboxylic acids is 1. The molecule has 0 bridgehead atoms.